The second kappa shape index (κ2) is 8.50. The largest absolute Gasteiger partial charge is 0.444 e. The summed E-state index contributed by atoms with van der Waals surface area (Å²) in [5.41, 5.74) is -0.923. The van der Waals surface area contributed by atoms with E-state index in [0.29, 0.717) is 0 Å². The number of nitrogens with one attached hydrogen (secondary N) is 1. The number of ether oxygens (including phenoxy) is 2. The number of hydrogen-bond acceptors (Lipinski definition) is 4. The van der Waals surface area contributed by atoms with E-state index in [2.05, 4.69) is 10.1 Å². The molecule has 29 heavy (non-hydrogen) atoms. The zero-order valence-corrected chi connectivity index (χ0v) is 15.6. The van der Waals surface area contributed by atoms with E-state index in [1.165, 1.54) is 17.0 Å². The number of alkyl carbamates (subject to hydrolysis) is 1. The second-order valence-corrected chi connectivity index (χ2v) is 6.90. The van der Waals surface area contributed by atoms with Gasteiger partial charge in [0.05, 0.1) is 6.54 Å². The third-order valence-electron chi connectivity index (χ3n) is 3.41. The molecule has 1 unspecified atom stereocenters. The van der Waals surface area contributed by atoms with Crippen molar-refractivity contribution in [2.75, 3.05) is 0 Å². The third kappa shape index (κ3) is 5.46. The summed E-state index contributed by atoms with van der Waals surface area (Å²) in [4.78, 5) is 24.3. The van der Waals surface area contributed by atoms with Crippen molar-refractivity contribution in [1.29, 1.82) is 0 Å². The maximum absolute atomic E-state index is 13.8. The number of amides is 1. The van der Waals surface area contributed by atoms with Gasteiger partial charge in [0.2, 0.25) is 34.8 Å². The zero-order valence-electron chi connectivity index (χ0n) is 15.6. The minimum atomic E-state index is -2.39. The van der Waals surface area contributed by atoms with E-state index in [9.17, 15) is 31.5 Å². The van der Waals surface area contributed by atoms with Crippen molar-refractivity contribution in [3.05, 3.63) is 53.6 Å². The normalized spacial score (nSPS) is 12.4. The molecule has 0 fully saturated rings. The van der Waals surface area contributed by atoms with Crippen molar-refractivity contribution in [2.24, 2.45) is 0 Å². The molecular formula is C18H17F5N2O4. The highest BCUT2D eigenvalue weighted by Gasteiger charge is 2.32. The lowest BCUT2D eigenvalue weighted by Crippen LogP contribution is -2.47. The summed E-state index contributed by atoms with van der Waals surface area (Å²) in [7, 11) is 0. The molecular weight excluding hydrogens is 403 g/mol. The van der Waals surface area contributed by atoms with Gasteiger partial charge >= 0.3 is 12.1 Å². The van der Waals surface area contributed by atoms with E-state index < -0.39 is 58.5 Å². The van der Waals surface area contributed by atoms with Crippen LogP contribution in [-0.4, -0.2) is 28.3 Å². The van der Waals surface area contributed by atoms with E-state index in [0.717, 1.165) is 0 Å². The maximum atomic E-state index is 13.8. The molecule has 0 aliphatic rings. The predicted molar refractivity (Wildman–Crippen MR) is 89.5 cm³/mol. The van der Waals surface area contributed by atoms with Gasteiger partial charge in [-0.2, -0.15) is 8.78 Å². The highest BCUT2D eigenvalue weighted by atomic mass is 19.2. The van der Waals surface area contributed by atoms with E-state index >= 15 is 0 Å². The van der Waals surface area contributed by atoms with E-state index in [-0.39, 0.29) is 6.54 Å². The molecule has 1 atom stereocenters. The van der Waals surface area contributed by atoms with Crippen molar-refractivity contribution in [2.45, 2.75) is 39.0 Å². The van der Waals surface area contributed by atoms with Gasteiger partial charge in [0.1, 0.15) is 11.6 Å². The van der Waals surface area contributed by atoms with Crippen LogP contribution in [0.5, 0.6) is 5.75 Å². The molecule has 158 valence electrons. The average molecular weight is 420 g/mol. The van der Waals surface area contributed by atoms with Gasteiger partial charge in [0.15, 0.2) is 0 Å². The quantitative estimate of drug-likeness (QED) is 0.263. The van der Waals surface area contributed by atoms with Crippen LogP contribution in [0.4, 0.5) is 26.7 Å². The van der Waals surface area contributed by atoms with Crippen molar-refractivity contribution in [3.63, 3.8) is 0 Å². The molecule has 1 amide bonds. The summed E-state index contributed by atoms with van der Waals surface area (Å²) in [5.74, 6) is -14.8. The smallest absolute Gasteiger partial charge is 0.408 e. The molecule has 0 bridgehead atoms. The molecule has 0 aliphatic heterocycles. The van der Waals surface area contributed by atoms with Gasteiger partial charge < -0.3 is 19.4 Å². The van der Waals surface area contributed by atoms with Crippen molar-refractivity contribution in [1.82, 2.24) is 9.88 Å². The summed E-state index contributed by atoms with van der Waals surface area (Å²) in [5, 5.41) is 2.15. The van der Waals surface area contributed by atoms with Gasteiger partial charge in [0.25, 0.3) is 0 Å². The second-order valence-electron chi connectivity index (χ2n) is 6.90. The molecule has 6 nitrogen and oxygen atoms in total. The fraction of sp³-hybridized carbons (Fsp3) is 0.333. The topological polar surface area (TPSA) is 69.6 Å². The standard InChI is InChI=1S/C18H17F5N2O4/c1-18(2,3)29-17(27)24-9(8-25-6-4-5-7-25)16(26)28-15-13(22)11(20)10(19)12(21)14(15)23/h4-7,9H,8H2,1-3H3,(H,24,27). The lowest BCUT2D eigenvalue weighted by atomic mass is 10.2. The molecule has 0 spiro atoms. The monoisotopic (exact) mass is 420 g/mol. The van der Waals surface area contributed by atoms with Crippen LogP contribution in [0.25, 0.3) is 0 Å². The minimum absolute atomic E-state index is 0.263. The van der Waals surface area contributed by atoms with Crippen molar-refractivity contribution < 1.29 is 41.0 Å². The van der Waals surface area contributed by atoms with E-state index in [1.54, 1.807) is 32.9 Å². The molecule has 11 heteroatoms. The Bertz CT molecular complexity index is 881. The van der Waals surface area contributed by atoms with E-state index in [4.69, 9.17) is 4.74 Å². The Labute approximate surface area is 162 Å². The Hall–Kier alpha value is -3.11. The van der Waals surface area contributed by atoms with Gasteiger partial charge in [-0.25, -0.2) is 22.8 Å². The number of nitrogens with zero attached hydrogens (tertiary/aromatic N) is 1. The van der Waals surface area contributed by atoms with Crippen molar-refractivity contribution in [3.8, 4) is 5.75 Å². The van der Waals surface area contributed by atoms with Gasteiger partial charge in [-0.05, 0) is 32.9 Å². The SMILES string of the molecule is CC(C)(C)OC(=O)NC(Cn1cccc1)C(=O)Oc1c(F)c(F)c(F)c(F)c1F. The first-order valence-corrected chi connectivity index (χ1v) is 8.24. The number of rotatable bonds is 5. The van der Waals surface area contributed by atoms with Crippen LogP contribution in [0.15, 0.2) is 24.5 Å². The summed E-state index contributed by atoms with van der Waals surface area (Å²) in [6.07, 6.45) is 1.97. The van der Waals surface area contributed by atoms with Gasteiger partial charge in [-0.15, -0.1) is 0 Å². The summed E-state index contributed by atoms with van der Waals surface area (Å²) < 4.78 is 78.1. The van der Waals surface area contributed by atoms with E-state index in [1.807, 2.05) is 0 Å². The molecule has 2 aromatic rings. The lowest BCUT2D eigenvalue weighted by Gasteiger charge is -2.23. The molecule has 0 radical (unpaired) electrons. The Kier molecular flexibility index (Phi) is 6.50. The molecule has 1 heterocycles. The molecule has 1 N–H and O–H groups in total. The van der Waals surface area contributed by atoms with Crippen LogP contribution in [-0.2, 0) is 16.1 Å². The first kappa shape index (κ1) is 22.2. The van der Waals surface area contributed by atoms with Gasteiger partial charge in [-0.3, -0.25) is 0 Å². The molecule has 2 rings (SSSR count). The third-order valence-corrected chi connectivity index (χ3v) is 3.41. The lowest BCUT2D eigenvalue weighted by molar-refractivity contribution is -0.137. The number of esters is 1. The Morgan fingerprint density at radius 2 is 1.45 bits per heavy atom. The Morgan fingerprint density at radius 1 is 0.966 bits per heavy atom. The van der Waals surface area contributed by atoms with Gasteiger partial charge in [0, 0.05) is 12.4 Å². The van der Waals surface area contributed by atoms with Crippen LogP contribution >= 0.6 is 0 Å². The Balaban J connectivity index is 2.29. The van der Waals surface area contributed by atoms with Crippen LogP contribution in [0.3, 0.4) is 0 Å². The first-order valence-electron chi connectivity index (χ1n) is 8.24. The number of benzene rings is 1. The zero-order chi connectivity index (χ0) is 21.9. The maximum Gasteiger partial charge on any atom is 0.408 e. The van der Waals surface area contributed by atoms with Crippen LogP contribution in [0.1, 0.15) is 20.8 Å². The summed E-state index contributed by atoms with van der Waals surface area (Å²) in [6, 6.07) is 1.63. The molecule has 0 aliphatic carbocycles. The highest BCUT2D eigenvalue weighted by Crippen LogP contribution is 2.29. The molecule has 1 aromatic heterocycles. The van der Waals surface area contributed by atoms with Crippen LogP contribution in [0, 0.1) is 29.1 Å². The molecule has 0 saturated heterocycles. The summed E-state index contributed by atoms with van der Waals surface area (Å²) >= 11 is 0. The summed E-state index contributed by atoms with van der Waals surface area (Å²) in [6.45, 7) is 4.41. The molecule has 1 aromatic carbocycles. The number of aromatic nitrogens is 1. The predicted octanol–water partition coefficient (Wildman–Crippen LogP) is 3.68. The fourth-order valence-electron chi connectivity index (χ4n) is 2.18. The minimum Gasteiger partial charge on any atom is -0.444 e. The number of carbonyl (C=O) groups excluding carboxylic acids is 2. The Morgan fingerprint density at radius 3 is 1.93 bits per heavy atom. The molecule has 0 saturated carbocycles. The van der Waals surface area contributed by atoms with Gasteiger partial charge in [-0.1, -0.05) is 0 Å². The first-order chi connectivity index (χ1) is 13.4. The number of hydrogen-bond donors (Lipinski definition) is 1. The highest BCUT2D eigenvalue weighted by molar-refractivity contribution is 5.83. The van der Waals surface area contributed by atoms with Crippen LogP contribution < -0.4 is 10.1 Å². The van der Waals surface area contributed by atoms with Crippen molar-refractivity contribution >= 4 is 12.1 Å². The average Bonchev–Trinajstić information content (AvgIpc) is 3.12. The fourth-order valence-corrected chi connectivity index (χ4v) is 2.18. The number of carbonyl (C=O) groups is 2. The number of halogens is 5. The van der Waals surface area contributed by atoms with Crippen LogP contribution in [0.2, 0.25) is 0 Å².